The number of likely N-dealkylation sites (N-methyl/N-ethyl adjacent to an activating group) is 1. The quantitative estimate of drug-likeness (QED) is 0.350. The average molecular weight is 504 g/mol. The molecule has 0 spiro atoms. The Kier molecular flexibility index (Phi) is 8.00. The maximum absolute atomic E-state index is 12.3. The van der Waals surface area contributed by atoms with Crippen LogP contribution in [0.15, 0.2) is 48.8 Å². The molecule has 1 fully saturated rings. The number of amides is 1. The van der Waals surface area contributed by atoms with Crippen LogP contribution in [0.2, 0.25) is 0 Å². The second-order valence-corrected chi connectivity index (χ2v) is 8.98. The first-order valence-corrected chi connectivity index (χ1v) is 12.1. The third kappa shape index (κ3) is 5.55. The fourth-order valence-electron chi connectivity index (χ4n) is 4.54. The molecule has 4 N–H and O–H groups in total. The predicted octanol–water partition coefficient (Wildman–Crippen LogP) is 3.26. The van der Waals surface area contributed by atoms with Crippen LogP contribution >= 0.6 is 0 Å². The molecule has 0 radical (unpaired) electrons. The number of ether oxygens (including phenoxy) is 1. The Hall–Kier alpha value is -4.02. The molecule has 10 nitrogen and oxygen atoms in total. The summed E-state index contributed by atoms with van der Waals surface area (Å²) in [5, 5.41) is 10.2. The number of hydrogen-bond acceptors (Lipinski definition) is 8. The molecule has 1 aliphatic heterocycles. The maximum Gasteiger partial charge on any atom is 0.271 e. The molecule has 1 unspecified atom stereocenters. The number of aryl methyl sites for hydroxylation is 2. The van der Waals surface area contributed by atoms with Crippen molar-refractivity contribution in [3.8, 4) is 17.0 Å². The summed E-state index contributed by atoms with van der Waals surface area (Å²) < 4.78 is 7.91. The molecule has 194 valence electrons. The third-order valence-corrected chi connectivity index (χ3v) is 6.54. The lowest BCUT2D eigenvalue weighted by Gasteiger charge is -2.19. The van der Waals surface area contributed by atoms with Crippen molar-refractivity contribution in [3.63, 3.8) is 0 Å². The molecule has 1 saturated heterocycles. The van der Waals surface area contributed by atoms with Crippen molar-refractivity contribution >= 4 is 28.4 Å². The summed E-state index contributed by atoms with van der Waals surface area (Å²) in [7, 11) is 5.07. The maximum atomic E-state index is 12.3. The van der Waals surface area contributed by atoms with Gasteiger partial charge in [-0.1, -0.05) is 12.1 Å². The van der Waals surface area contributed by atoms with Gasteiger partial charge in [0.1, 0.15) is 12.4 Å². The molecule has 2 aromatic carbocycles. The molecule has 1 amide bonds. The van der Waals surface area contributed by atoms with Gasteiger partial charge in [-0.2, -0.15) is 0 Å². The van der Waals surface area contributed by atoms with Crippen molar-refractivity contribution in [1.82, 2.24) is 24.4 Å². The highest BCUT2D eigenvalue weighted by Crippen LogP contribution is 2.30. The van der Waals surface area contributed by atoms with Crippen LogP contribution in [0, 0.1) is 6.92 Å². The minimum atomic E-state index is -0.657. The largest absolute Gasteiger partial charge is 0.492 e. The van der Waals surface area contributed by atoms with Crippen molar-refractivity contribution < 1.29 is 14.6 Å². The van der Waals surface area contributed by atoms with Crippen molar-refractivity contribution in [2.24, 2.45) is 12.8 Å². The van der Waals surface area contributed by atoms with Crippen molar-refractivity contribution in [3.05, 3.63) is 60.2 Å². The van der Waals surface area contributed by atoms with Gasteiger partial charge in [-0.15, -0.1) is 0 Å². The number of aromatic nitrogens is 4. The predicted molar refractivity (Wildman–Crippen MR) is 144 cm³/mol. The van der Waals surface area contributed by atoms with E-state index in [2.05, 4.69) is 32.2 Å². The fourth-order valence-corrected chi connectivity index (χ4v) is 4.54. The minimum absolute atomic E-state index is 0.0723. The number of nitrogens with zero attached hydrogens (tertiary/aromatic N) is 5. The number of carbonyl (C=O) groups excluding carboxylic acids is 1. The molecular formula is C27H33N7O3. The molecule has 0 bridgehead atoms. The molecule has 2 aromatic heterocycles. The lowest BCUT2D eigenvalue weighted by Crippen LogP contribution is -2.30. The van der Waals surface area contributed by atoms with Gasteiger partial charge in [0.05, 0.1) is 28.7 Å². The van der Waals surface area contributed by atoms with Crippen LogP contribution in [-0.4, -0.2) is 68.8 Å². The van der Waals surface area contributed by atoms with E-state index in [0.29, 0.717) is 29.9 Å². The number of benzene rings is 2. The summed E-state index contributed by atoms with van der Waals surface area (Å²) in [6.45, 7) is 3.65. The van der Waals surface area contributed by atoms with Gasteiger partial charge in [0, 0.05) is 31.5 Å². The monoisotopic (exact) mass is 503 g/mol. The number of primary amides is 1. The molecule has 5 rings (SSSR count). The minimum Gasteiger partial charge on any atom is -0.492 e. The number of carbonyl (C=O) groups is 1. The van der Waals surface area contributed by atoms with Gasteiger partial charge in [-0.25, -0.2) is 15.0 Å². The van der Waals surface area contributed by atoms with E-state index >= 15 is 0 Å². The second kappa shape index (κ2) is 11.4. The lowest BCUT2D eigenvalue weighted by atomic mass is 10.1. The van der Waals surface area contributed by atoms with E-state index in [9.17, 15) is 4.79 Å². The Morgan fingerprint density at radius 2 is 1.92 bits per heavy atom. The second-order valence-electron chi connectivity index (χ2n) is 8.98. The van der Waals surface area contributed by atoms with Crippen LogP contribution in [0.4, 0.5) is 11.5 Å². The first kappa shape index (κ1) is 26.1. The van der Waals surface area contributed by atoms with Crippen LogP contribution in [0.3, 0.4) is 0 Å². The normalized spacial score (nSPS) is 15.3. The van der Waals surface area contributed by atoms with E-state index in [4.69, 9.17) is 15.6 Å². The van der Waals surface area contributed by atoms with Crippen molar-refractivity contribution in [1.29, 1.82) is 0 Å². The van der Waals surface area contributed by atoms with E-state index in [1.54, 1.807) is 6.33 Å². The summed E-state index contributed by atoms with van der Waals surface area (Å²) >= 11 is 0. The molecule has 1 aliphatic rings. The van der Waals surface area contributed by atoms with E-state index in [1.165, 1.54) is 6.42 Å². The topological polar surface area (TPSA) is 131 Å². The smallest absolute Gasteiger partial charge is 0.271 e. The molecule has 3 heterocycles. The number of para-hydroxylation sites is 1. The summed E-state index contributed by atoms with van der Waals surface area (Å²) in [5.74, 6) is 0.454. The number of anilines is 2. The number of likely N-dealkylation sites (tertiary alicyclic amines) is 1. The summed E-state index contributed by atoms with van der Waals surface area (Å²) in [4.78, 5) is 28.4. The van der Waals surface area contributed by atoms with E-state index < -0.39 is 5.91 Å². The van der Waals surface area contributed by atoms with Crippen molar-refractivity contribution in [2.45, 2.75) is 25.8 Å². The van der Waals surface area contributed by atoms with Crippen LogP contribution in [0.1, 0.15) is 29.0 Å². The number of nitrogens with one attached hydrogen (secondary N) is 1. The van der Waals surface area contributed by atoms with Crippen LogP contribution in [0.5, 0.6) is 5.75 Å². The molecule has 1 atom stereocenters. The Bertz CT molecular complexity index is 1390. The number of nitrogens with two attached hydrogens (primary N) is 1. The number of aliphatic hydroxyl groups excluding tert-OH is 1. The number of rotatable bonds is 7. The Balaban J connectivity index is 0.00000156. The fraction of sp³-hybridized carbons (Fsp3) is 0.333. The summed E-state index contributed by atoms with van der Waals surface area (Å²) in [6, 6.07) is 13.9. The van der Waals surface area contributed by atoms with Gasteiger partial charge in [0.15, 0.2) is 11.5 Å². The number of imidazole rings is 1. The average Bonchev–Trinajstić information content (AvgIpc) is 3.50. The highest BCUT2D eigenvalue weighted by atomic mass is 16.5. The summed E-state index contributed by atoms with van der Waals surface area (Å²) in [5.41, 5.74) is 10.3. The van der Waals surface area contributed by atoms with E-state index in [-0.39, 0.29) is 5.69 Å². The van der Waals surface area contributed by atoms with Gasteiger partial charge in [0.2, 0.25) is 0 Å². The SMILES string of the molecule is CO.Cc1nc(Nc2ccc(OCC3CCCN3C)cc2)c(C(N)=O)nc1-c1cccc2c1ncn2C. The molecule has 37 heavy (non-hydrogen) atoms. The molecule has 10 heteroatoms. The lowest BCUT2D eigenvalue weighted by molar-refractivity contribution is 0.0996. The number of hydrogen-bond donors (Lipinski definition) is 3. The van der Waals surface area contributed by atoms with Gasteiger partial charge < -0.3 is 30.4 Å². The molecular weight excluding hydrogens is 470 g/mol. The molecule has 0 aliphatic carbocycles. The Morgan fingerprint density at radius 3 is 2.59 bits per heavy atom. The van der Waals surface area contributed by atoms with Gasteiger partial charge in [-0.3, -0.25) is 4.79 Å². The van der Waals surface area contributed by atoms with Crippen LogP contribution < -0.4 is 15.8 Å². The van der Waals surface area contributed by atoms with Gasteiger partial charge in [0.25, 0.3) is 5.91 Å². The molecule has 0 saturated carbocycles. The van der Waals surface area contributed by atoms with E-state index in [0.717, 1.165) is 48.1 Å². The van der Waals surface area contributed by atoms with Gasteiger partial charge in [-0.05, 0) is 63.7 Å². The zero-order valence-corrected chi connectivity index (χ0v) is 21.6. The van der Waals surface area contributed by atoms with E-state index in [1.807, 2.05) is 61.0 Å². The van der Waals surface area contributed by atoms with Crippen LogP contribution in [-0.2, 0) is 7.05 Å². The molecule has 4 aromatic rings. The highest BCUT2D eigenvalue weighted by Gasteiger charge is 2.22. The third-order valence-electron chi connectivity index (χ3n) is 6.54. The zero-order valence-electron chi connectivity index (χ0n) is 21.6. The Morgan fingerprint density at radius 1 is 1.16 bits per heavy atom. The highest BCUT2D eigenvalue weighted by molar-refractivity contribution is 5.98. The Labute approximate surface area is 216 Å². The zero-order chi connectivity index (χ0) is 26.5. The summed E-state index contributed by atoms with van der Waals surface area (Å²) in [6.07, 6.45) is 4.13. The number of aliphatic hydroxyl groups is 1. The van der Waals surface area contributed by atoms with Crippen LogP contribution in [0.25, 0.3) is 22.3 Å². The number of fused-ring (bicyclic) bond motifs is 1. The van der Waals surface area contributed by atoms with Crippen molar-refractivity contribution in [2.75, 3.05) is 32.6 Å². The van der Waals surface area contributed by atoms with Gasteiger partial charge >= 0.3 is 0 Å². The first-order valence-electron chi connectivity index (χ1n) is 12.1. The standard InChI is InChI=1S/C26H29N7O2.CH4O/c1-16-22(20-7-4-8-21-23(20)28-15-33(21)3)31-24(25(27)34)26(29-16)30-17-9-11-19(12-10-17)35-14-18-6-5-13-32(18)2;1-2/h4,7-12,15,18H,5-6,13-14H2,1-3H3,(H2,27,34)(H,29,30);2H,1H3. The first-order chi connectivity index (χ1) is 17.9.